The van der Waals surface area contributed by atoms with Gasteiger partial charge in [-0.15, -0.1) is 0 Å². The van der Waals surface area contributed by atoms with Crippen LogP contribution < -0.4 is 5.73 Å². The van der Waals surface area contributed by atoms with Crippen molar-refractivity contribution in [2.75, 3.05) is 5.73 Å². The van der Waals surface area contributed by atoms with Gasteiger partial charge in [0.1, 0.15) is 12.5 Å². The summed E-state index contributed by atoms with van der Waals surface area (Å²) in [4.78, 5) is 3.53. The molecule has 0 radical (unpaired) electrons. The van der Waals surface area contributed by atoms with Crippen LogP contribution in [0.25, 0.3) is 0 Å². The first-order chi connectivity index (χ1) is 5.39. The first kappa shape index (κ1) is 7.33. The molecule has 0 atom stereocenters. The molecule has 0 bridgehead atoms. The Kier molecular flexibility index (Phi) is 2.73. The fourth-order valence-electron chi connectivity index (χ4n) is 0.410. The summed E-state index contributed by atoms with van der Waals surface area (Å²) in [5.41, 5.74) is 5.00. The number of anilines is 1. The minimum atomic E-state index is 0.218. The van der Waals surface area contributed by atoms with Crippen LogP contribution in [0.3, 0.4) is 0 Å². The summed E-state index contributed by atoms with van der Waals surface area (Å²) in [5.74, 6) is 0. The van der Waals surface area contributed by atoms with E-state index in [-0.39, 0.29) is 6.01 Å². The standard InChI is InChI=1S/C3H4N2O.C3H3NO/c4-3-5-1-2-6-3;1-2-4-5-3-1/h1-2H,(H2,4,5);1-3H. The van der Waals surface area contributed by atoms with E-state index in [0.717, 1.165) is 0 Å². The van der Waals surface area contributed by atoms with Gasteiger partial charge in [-0.2, -0.15) is 0 Å². The number of hydrogen-bond donors (Lipinski definition) is 1. The maximum atomic E-state index is 5.00. The Morgan fingerprint density at radius 2 is 2.18 bits per heavy atom. The van der Waals surface area contributed by atoms with Gasteiger partial charge in [0.15, 0.2) is 0 Å². The third-order valence-electron chi connectivity index (χ3n) is 0.799. The van der Waals surface area contributed by atoms with Crippen LogP contribution in [-0.2, 0) is 0 Å². The molecule has 0 aliphatic rings. The van der Waals surface area contributed by atoms with Gasteiger partial charge in [-0.1, -0.05) is 5.16 Å². The molecule has 2 N–H and O–H groups in total. The number of nitrogens with zero attached hydrogens (tertiary/aromatic N) is 2. The van der Waals surface area contributed by atoms with E-state index in [1.807, 2.05) is 0 Å². The molecule has 5 nitrogen and oxygen atoms in total. The zero-order valence-electron chi connectivity index (χ0n) is 5.68. The molecule has 0 aliphatic carbocycles. The molecule has 2 rings (SSSR count). The fourth-order valence-corrected chi connectivity index (χ4v) is 0.410. The lowest BCUT2D eigenvalue weighted by molar-refractivity contribution is 0.420. The van der Waals surface area contributed by atoms with Crippen LogP contribution in [0.15, 0.2) is 39.9 Å². The van der Waals surface area contributed by atoms with Gasteiger partial charge >= 0.3 is 0 Å². The van der Waals surface area contributed by atoms with E-state index in [9.17, 15) is 0 Å². The van der Waals surface area contributed by atoms with Crippen LogP contribution in [0.1, 0.15) is 0 Å². The van der Waals surface area contributed by atoms with Gasteiger partial charge in [-0.3, -0.25) is 0 Å². The molecule has 5 heteroatoms. The Hall–Kier alpha value is -1.78. The third-order valence-corrected chi connectivity index (χ3v) is 0.799. The highest BCUT2D eigenvalue weighted by molar-refractivity contribution is 5.04. The van der Waals surface area contributed by atoms with Crippen molar-refractivity contribution in [3.05, 3.63) is 31.0 Å². The highest BCUT2D eigenvalue weighted by atomic mass is 16.5. The summed E-state index contributed by atoms with van der Waals surface area (Å²) >= 11 is 0. The van der Waals surface area contributed by atoms with E-state index in [0.29, 0.717) is 0 Å². The molecule has 58 valence electrons. The second kappa shape index (κ2) is 4.10. The van der Waals surface area contributed by atoms with E-state index in [1.165, 1.54) is 18.7 Å². The molecule has 0 fully saturated rings. The number of nitrogen functional groups attached to an aromatic ring is 1. The lowest BCUT2D eigenvalue weighted by atomic mass is 10.8. The zero-order chi connectivity index (χ0) is 7.94. The number of hydrogen-bond acceptors (Lipinski definition) is 5. The molecule has 2 aromatic heterocycles. The molecular formula is C6H7N3O2. The van der Waals surface area contributed by atoms with E-state index in [4.69, 9.17) is 5.73 Å². The van der Waals surface area contributed by atoms with Crippen molar-refractivity contribution in [1.29, 1.82) is 0 Å². The van der Waals surface area contributed by atoms with Crippen LogP contribution in [0.4, 0.5) is 6.01 Å². The normalized spacial score (nSPS) is 8.36. The molecule has 0 amide bonds. The largest absolute Gasteiger partial charge is 0.432 e. The summed E-state index contributed by atoms with van der Waals surface area (Å²) in [6, 6.07) is 1.94. The topological polar surface area (TPSA) is 78.1 Å². The number of aromatic nitrogens is 2. The molecule has 2 heterocycles. The fraction of sp³-hybridized carbons (Fsp3) is 0. The lowest BCUT2D eigenvalue weighted by Gasteiger charge is -1.68. The van der Waals surface area contributed by atoms with E-state index in [1.54, 1.807) is 12.3 Å². The molecule has 0 saturated heterocycles. The van der Waals surface area contributed by atoms with Crippen LogP contribution >= 0.6 is 0 Å². The van der Waals surface area contributed by atoms with Gasteiger partial charge in [-0.05, 0) is 6.07 Å². The van der Waals surface area contributed by atoms with Gasteiger partial charge in [0.25, 0.3) is 6.01 Å². The van der Waals surface area contributed by atoms with Gasteiger partial charge in [0.2, 0.25) is 0 Å². The minimum Gasteiger partial charge on any atom is -0.432 e. The van der Waals surface area contributed by atoms with Crippen molar-refractivity contribution in [2.24, 2.45) is 0 Å². The van der Waals surface area contributed by atoms with E-state index < -0.39 is 0 Å². The Labute approximate surface area is 62.8 Å². The van der Waals surface area contributed by atoms with Gasteiger partial charge < -0.3 is 14.7 Å². The van der Waals surface area contributed by atoms with Gasteiger partial charge in [0, 0.05) is 0 Å². The van der Waals surface area contributed by atoms with E-state index in [2.05, 4.69) is 19.1 Å². The van der Waals surface area contributed by atoms with Crippen molar-refractivity contribution in [2.45, 2.75) is 0 Å². The summed E-state index contributed by atoms with van der Waals surface area (Å²) in [7, 11) is 0. The monoisotopic (exact) mass is 153 g/mol. The molecule has 0 saturated carbocycles. The van der Waals surface area contributed by atoms with Gasteiger partial charge in [-0.25, -0.2) is 4.98 Å². The predicted octanol–water partition coefficient (Wildman–Crippen LogP) is 0.931. The van der Waals surface area contributed by atoms with Gasteiger partial charge in [0.05, 0.1) is 12.4 Å². The molecule has 0 unspecified atom stereocenters. The number of rotatable bonds is 0. The Bertz CT molecular complexity index is 234. The Morgan fingerprint density at radius 1 is 1.27 bits per heavy atom. The second-order valence-electron chi connectivity index (χ2n) is 1.56. The van der Waals surface area contributed by atoms with Crippen LogP contribution in [0.5, 0.6) is 0 Å². The first-order valence-corrected chi connectivity index (χ1v) is 2.89. The van der Waals surface area contributed by atoms with Crippen LogP contribution in [-0.4, -0.2) is 10.1 Å². The average Bonchev–Trinajstić information content (AvgIpc) is 2.57. The smallest absolute Gasteiger partial charge is 0.291 e. The van der Waals surface area contributed by atoms with Crippen molar-refractivity contribution < 1.29 is 8.94 Å². The molecule has 2 aromatic rings. The zero-order valence-corrected chi connectivity index (χ0v) is 5.68. The maximum absolute atomic E-state index is 5.00. The second-order valence-corrected chi connectivity index (χ2v) is 1.56. The van der Waals surface area contributed by atoms with Crippen molar-refractivity contribution in [3.8, 4) is 0 Å². The average molecular weight is 153 g/mol. The molecule has 11 heavy (non-hydrogen) atoms. The predicted molar refractivity (Wildman–Crippen MR) is 37.4 cm³/mol. The molecule has 0 aliphatic heterocycles. The first-order valence-electron chi connectivity index (χ1n) is 2.89. The quantitative estimate of drug-likeness (QED) is 0.609. The minimum absolute atomic E-state index is 0.218. The molecular weight excluding hydrogens is 146 g/mol. The number of oxazole rings is 1. The van der Waals surface area contributed by atoms with Crippen LogP contribution in [0.2, 0.25) is 0 Å². The van der Waals surface area contributed by atoms with Crippen LogP contribution in [0, 0.1) is 0 Å². The molecule has 0 aromatic carbocycles. The maximum Gasteiger partial charge on any atom is 0.291 e. The van der Waals surface area contributed by atoms with Crippen molar-refractivity contribution >= 4 is 6.01 Å². The van der Waals surface area contributed by atoms with E-state index >= 15 is 0 Å². The number of nitrogens with two attached hydrogens (primary N) is 1. The highest BCUT2D eigenvalue weighted by Crippen LogP contribution is 1.90. The van der Waals surface area contributed by atoms with Crippen molar-refractivity contribution in [1.82, 2.24) is 10.1 Å². The summed E-state index contributed by atoms with van der Waals surface area (Å²) in [6.07, 6.45) is 6.02. The van der Waals surface area contributed by atoms with Crippen molar-refractivity contribution in [3.63, 3.8) is 0 Å². The Morgan fingerprint density at radius 3 is 2.36 bits per heavy atom. The summed E-state index contributed by atoms with van der Waals surface area (Å²) in [6.45, 7) is 0. The lowest BCUT2D eigenvalue weighted by Crippen LogP contribution is -1.79. The summed E-state index contributed by atoms with van der Waals surface area (Å²) in [5, 5.41) is 3.35. The summed E-state index contributed by atoms with van der Waals surface area (Å²) < 4.78 is 8.83. The third kappa shape index (κ3) is 3.04. The SMILES string of the molecule is Nc1ncco1.c1cnoc1. The highest BCUT2D eigenvalue weighted by Gasteiger charge is 1.78. The Balaban J connectivity index is 0.000000112. The molecule has 0 spiro atoms.